The predicted octanol–water partition coefficient (Wildman–Crippen LogP) is -4.41. The number of amides is 1. The van der Waals surface area contributed by atoms with Crippen LogP contribution in [-0.4, -0.2) is 24.1 Å². The number of carboxylic acid groups (broad SMARTS) is 1. The summed E-state index contributed by atoms with van der Waals surface area (Å²) in [6, 6.07) is -0.882. The first-order chi connectivity index (χ1) is 6.30. The third kappa shape index (κ3) is 4.50. The maximum absolute atomic E-state index is 11.2. The molecule has 1 amide bonds. The summed E-state index contributed by atoms with van der Waals surface area (Å²) in [6.45, 7) is 5.76. The van der Waals surface area contributed by atoms with Crippen molar-refractivity contribution in [2.75, 3.05) is 0 Å². The van der Waals surface area contributed by atoms with Crippen molar-refractivity contribution in [1.82, 2.24) is 10.6 Å². The zero-order chi connectivity index (χ0) is 10.9. The molecule has 80 valence electrons. The fraction of sp³-hybridized carbons (Fsp3) is 0.778. The van der Waals surface area contributed by atoms with E-state index >= 15 is 0 Å². The van der Waals surface area contributed by atoms with Gasteiger partial charge in [-0.25, -0.2) is 0 Å². The molecular weight excluding hydrogens is 223 g/mol. The van der Waals surface area contributed by atoms with Crippen molar-refractivity contribution in [2.45, 2.75) is 39.4 Å². The summed E-state index contributed by atoms with van der Waals surface area (Å²) in [6.07, 6.45) is -0.388. The van der Waals surface area contributed by atoms with Gasteiger partial charge in [-0.15, -0.1) is 0 Å². The Kier molecular flexibility index (Phi) is 5.95. The fourth-order valence-electron chi connectivity index (χ4n) is 1.32. The first kappa shape index (κ1) is 15.5. The van der Waals surface area contributed by atoms with Crippen LogP contribution in [0.3, 0.4) is 0 Å². The monoisotopic (exact) mass is 238 g/mol. The molecule has 0 aliphatic carbocycles. The van der Waals surface area contributed by atoms with Gasteiger partial charge in [-0.3, -0.25) is 10.1 Å². The fourth-order valence-corrected chi connectivity index (χ4v) is 1.32. The van der Waals surface area contributed by atoms with E-state index in [1.807, 2.05) is 20.8 Å². The molecule has 0 spiro atoms. The van der Waals surface area contributed by atoms with Crippen LogP contribution in [-0.2, 0) is 9.59 Å². The van der Waals surface area contributed by atoms with Crippen LogP contribution < -0.4 is 67.1 Å². The van der Waals surface area contributed by atoms with Gasteiger partial charge in [-0.2, -0.15) is 0 Å². The smallest absolute Gasteiger partial charge is 0.548 e. The summed E-state index contributed by atoms with van der Waals surface area (Å²) in [4.78, 5) is 21.8. The van der Waals surface area contributed by atoms with Gasteiger partial charge in [0.2, 0.25) is 5.91 Å². The maximum atomic E-state index is 11.2. The van der Waals surface area contributed by atoms with Crippen LogP contribution in [0.5, 0.6) is 0 Å². The number of hydrogen-bond donors (Lipinski definition) is 2. The molecule has 2 N–H and O–H groups in total. The van der Waals surface area contributed by atoms with Gasteiger partial charge < -0.3 is 15.2 Å². The Morgan fingerprint density at radius 3 is 2.40 bits per heavy atom. The standard InChI is InChI=1S/C9H16N2O3.K/c1-9(2,3)8-10-5(7(13)14)4-6(12)11-8;/h5,8,10H,4H2,1-3H3,(H,11,12)(H,13,14);/q;+1/p-1/t5-,8-;/m0./s1. The van der Waals surface area contributed by atoms with Gasteiger partial charge in [0.05, 0.1) is 18.2 Å². The third-order valence-electron chi connectivity index (χ3n) is 2.21. The van der Waals surface area contributed by atoms with E-state index in [1.54, 1.807) is 0 Å². The molecule has 1 saturated heterocycles. The molecule has 1 heterocycles. The Morgan fingerprint density at radius 1 is 1.47 bits per heavy atom. The van der Waals surface area contributed by atoms with Gasteiger partial charge >= 0.3 is 51.4 Å². The van der Waals surface area contributed by atoms with Crippen molar-refractivity contribution in [1.29, 1.82) is 0 Å². The Hall–Kier alpha value is 0.536. The quantitative estimate of drug-likeness (QED) is 0.452. The maximum Gasteiger partial charge on any atom is 1.00 e. The molecule has 2 atom stereocenters. The van der Waals surface area contributed by atoms with Crippen molar-refractivity contribution >= 4 is 11.9 Å². The number of aliphatic carboxylic acids is 1. The molecule has 0 saturated carbocycles. The second-order valence-corrected chi connectivity index (χ2v) is 4.61. The molecule has 1 fully saturated rings. The Bertz CT molecular complexity index is 263. The number of hydrogen-bond acceptors (Lipinski definition) is 4. The van der Waals surface area contributed by atoms with E-state index in [0.29, 0.717) is 0 Å². The van der Waals surface area contributed by atoms with E-state index in [1.165, 1.54) is 0 Å². The Labute approximate surface area is 132 Å². The van der Waals surface area contributed by atoms with Gasteiger partial charge in [0.15, 0.2) is 0 Å². The first-order valence-electron chi connectivity index (χ1n) is 4.57. The minimum absolute atomic E-state index is 0. The molecule has 15 heavy (non-hydrogen) atoms. The minimum Gasteiger partial charge on any atom is -0.548 e. The second-order valence-electron chi connectivity index (χ2n) is 4.61. The summed E-state index contributed by atoms with van der Waals surface area (Å²) in [5, 5.41) is 16.1. The number of rotatable bonds is 1. The van der Waals surface area contributed by atoms with Crippen molar-refractivity contribution in [3.05, 3.63) is 0 Å². The Balaban J connectivity index is 0.00000196. The molecule has 1 aliphatic heterocycles. The van der Waals surface area contributed by atoms with Crippen LogP contribution in [0.25, 0.3) is 0 Å². The number of carboxylic acids is 1. The van der Waals surface area contributed by atoms with E-state index < -0.39 is 12.0 Å². The van der Waals surface area contributed by atoms with Crippen molar-refractivity contribution < 1.29 is 66.1 Å². The van der Waals surface area contributed by atoms with E-state index in [-0.39, 0.29) is 75.3 Å². The summed E-state index contributed by atoms with van der Waals surface area (Å²) < 4.78 is 0. The zero-order valence-electron chi connectivity index (χ0n) is 9.59. The number of nitrogens with one attached hydrogen (secondary N) is 2. The summed E-state index contributed by atoms with van der Waals surface area (Å²) >= 11 is 0. The molecule has 1 rings (SSSR count). The van der Waals surface area contributed by atoms with Crippen LogP contribution in [0.2, 0.25) is 0 Å². The van der Waals surface area contributed by atoms with Crippen molar-refractivity contribution in [3.63, 3.8) is 0 Å². The van der Waals surface area contributed by atoms with Gasteiger partial charge in [0.1, 0.15) is 0 Å². The topological polar surface area (TPSA) is 81.3 Å². The van der Waals surface area contributed by atoms with Crippen molar-refractivity contribution in [3.8, 4) is 0 Å². The van der Waals surface area contributed by atoms with Gasteiger partial charge in [-0.1, -0.05) is 20.8 Å². The summed E-state index contributed by atoms with van der Waals surface area (Å²) in [5.41, 5.74) is -0.218. The SMILES string of the molecule is CC(C)(C)[C@@H]1NC(=O)C[C@@H](C(=O)[O-])N1.[K+]. The average Bonchev–Trinajstić information content (AvgIpc) is 2.01. The molecule has 0 aromatic heterocycles. The molecule has 0 unspecified atom stereocenters. The van der Waals surface area contributed by atoms with Gasteiger partial charge in [0.25, 0.3) is 0 Å². The van der Waals surface area contributed by atoms with Gasteiger partial charge in [-0.05, 0) is 5.41 Å². The predicted molar refractivity (Wildman–Crippen MR) is 47.9 cm³/mol. The second kappa shape index (κ2) is 5.74. The van der Waals surface area contributed by atoms with E-state index in [4.69, 9.17) is 0 Å². The molecule has 0 aromatic rings. The largest absolute Gasteiger partial charge is 1.00 e. The van der Waals surface area contributed by atoms with E-state index in [9.17, 15) is 14.7 Å². The molecular formula is C9H15KN2O3. The first-order valence-corrected chi connectivity index (χ1v) is 4.57. The third-order valence-corrected chi connectivity index (χ3v) is 2.21. The summed E-state index contributed by atoms with van der Waals surface area (Å²) in [7, 11) is 0. The van der Waals surface area contributed by atoms with Crippen LogP contribution >= 0.6 is 0 Å². The molecule has 0 aromatic carbocycles. The molecule has 6 heteroatoms. The van der Waals surface area contributed by atoms with Crippen LogP contribution in [0, 0.1) is 5.41 Å². The number of carbonyl (C=O) groups excluding carboxylic acids is 2. The van der Waals surface area contributed by atoms with Crippen molar-refractivity contribution in [2.24, 2.45) is 5.41 Å². The normalized spacial score (nSPS) is 26.5. The molecule has 0 radical (unpaired) electrons. The molecule has 0 bridgehead atoms. The average molecular weight is 238 g/mol. The minimum atomic E-state index is -1.23. The number of carbonyl (C=O) groups is 2. The van der Waals surface area contributed by atoms with Crippen LogP contribution in [0.1, 0.15) is 27.2 Å². The van der Waals surface area contributed by atoms with E-state index in [0.717, 1.165) is 0 Å². The molecule has 1 aliphatic rings. The van der Waals surface area contributed by atoms with Gasteiger partial charge in [0, 0.05) is 6.42 Å². The molecule has 5 nitrogen and oxygen atoms in total. The van der Waals surface area contributed by atoms with Crippen LogP contribution in [0.4, 0.5) is 0 Å². The Morgan fingerprint density at radius 2 is 2.00 bits per heavy atom. The summed E-state index contributed by atoms with van der Waals surface area (Å²) in [5.74, 6) is -1.48. The van der Waals surface area contributed by atoms with E-state index in [2.05, 4.69) is 10.6 Å². The zero-order valence-corrected chi connectivity index (χ0v) is 12.7. The van der Waals surface area contributed by atoms with Crippen LogP contribution in [0.15, 0.2) is 0 Å².